The molecular formula is C11H21ClO. The van der Waals surface area contributed by atoms with E-state index >= 15 is 0 Å². The zero-order valence-corrected chi connectivity index (χ0v) is 9.73. The van der Waals surface area contributed by atoms with E-state index in [1.54, 1.807) is 0 Å². The van der Waals surface area contributed by atoms with Crippen molar-refractivity contribution in [3.63, 3.8) is 0 Å². The van der Waals surface area contributed by atoms with E-state index in [0.29, 0.717) is 11.5 Å². The summed E-state index contributed by atoms with van der Waals surface area (Å²) in [5.41, 5.74) is 0.188. The molecule has 78 valence electrons. The zero-order valence-electron chi connectivity index (χ0n) is 8.98. The van der Waals surface area contributed by atoms with Crippen LogP contribution in [-0.2, 0) is 4.74 Å². The number of halogens is 1. The lowest BCUT2D eigenvalue weighted by Crippen LogP contribution is -2.51. The van der Waals surface area contributed by atoms with Gasteiger partial charge in [-0.1, -0.05) is 33.6 Å². The zero-order chi connectivity index (χ0) is 9.90. The van der Waals surface area contributed by atoms with Gasteiger partial charge in [-0.25, -0.2) is 0 Å². The van der Waals surface area contributed by atoms with E-state index in [1.807, 2.05) is 0 Å². The summed E-state index contributed by atoms with van der Waals surface area (Å²) in [5, 5.41) is 0.309. The minimum absolute atomic E-state index is 0.188. The van der Waals surface area contributed by atoms with Crippen LogP contribution in [0.4, 0.5) is 0 Å². The van der Waals surface area contributed by atoms with Crippen molar-refractivity contribution in [2.24, 2.45) is 5.41 Å². The van der Waals surface area contributed by atoms with Gasteiger partial charge in [0.15, 0.2) is 0 Å². The predicted octanol–water partition coefficient (Wildman–Crippen LogP) is 3.60. The highest BCUT2D eigenvalue weighted by Gasteiger charge is 2.47. The Bertz CT molecular complexity index is 156. The molecule has 0 aromatic carbocycles. The summed E-state index contributed by atoms with van der Waals surface area (Å²) in [6.07, 6.45) is 5.15. The van der Waals surface area contributed by atoms with Crippen molar-refractivity contribution >= 4 is 11.6 Å². The first-order valence-electron chi connectivity index (χ1n) is 5.34. The summed E-state index contributed by atoms with van der Waals surface area (Å²) >= 11 is 6.10. The minimum atomic E-state index is 0.188. The van der Waals surface area contributed by atoms with Crippen molar-refractivity contribution in [3.8, 4) is 0 Å². The van der Waals surface area contributed by atoms with E-state index < -0.39 is 0 Å². The molecule has 2 heteroatoms. The molecule has 1 aliphatic rings. The highest BCUT2D eigenvalue weighted by Crippen LogP contribution is 2.46. The van der Waals surface area contributed by atoms with Crippen LogP contribution in [0.25, 0.3) is 0 Å². The highest BCUT2D eigenvalue weighted by molar-refractivity contribution is 6.21. The molecule has 13 heavy (non-hydrogen) atoms. The van der Waals surface area contributed by atoms with E-state index in [1.165, 1.54) is 19.3 Å². The molecule has 0 aliphatic heterocycles. The van der Waals surface area contributed by atoms with Gasteiger partial charge in [-0.3, -0.25) is 0 Å². The molecule has 0 bridgehead atoms. The van der Waals surface area contributed by atoms with Crippen LogP contribution in [0.2, 0.25) is 0 Å². The van der Waals surface area contributed by atoms with Crippen LogP contribution in [0.15, 0.2) is 0 Å². The summed E-state index contributed by atoms with van der Waals surface area (Å²) in [7, 11) is 0. The van der Waals surface area contributed by atoms with Crippen LogP contribution in [0.3, 0.4) is 0 Å². The lowest BCUT2D eigenvalue weighted by molar-refractivity contribution is -0.0892. The average molecular weight is 205 g/mol. The third kappa shape index (κ3) is 2.60. The number of rotatable bonds is 5. The Morgan fingerprint density at radius 2 is 2.08 bits per heavy atom. The third-order valence-electron chi connectivity index (χ3n) is 3.13. The molecule has 0 amide bonds. The van der Waals surface area contributed by atoms with Crippen molar-refractivity contribution in [3.05, 3.63) is 0 Å². The fourth-order valence-corrected chi connectivity index (χ4v) is 2.00. The first-order valence-corrected chi connectivity index (χ1v) is 5.78. The molecule has 2 atom stereocenters. The van der Waals surface area contributed by atoms with Gasteiger partial charge in [0.1, 0.15) is 0 Å². The number of unbranched alkanes of at least 4 members (excludes halogenated alkanes) is 2. The molecule has 0 heterocycles. The standard InChI is InChI=1S/C11H21ClO/c1-4-5-6-7-13-10-8-9(12)11(10,2)3/h9-10H,4-8H2,1-3H3. The van der Waals surface area contributed by atoms with Crippen molar-refractivity contribution in [1.82, 2.24) is 0 Å². The number of hydrogen-bond donors (Lipinski definition) is 0. The maximum absolute atomic E-state index is 6.10. The molecule has 1 rings (SSSR count). The Morgan fingerprint density at radius 1 is 1.38 bits per heavy atom. The summed E-state index contributed by atoms with van der Waals surface area (Å²) in [4.78, 5) is 0. The molecular weight excluding hydrogens is 184 g/mol. The molecule has 1 nitrogen and oxygen atoms in total. The van der Waals surface area contributed by atoms with Gasteiger partial charge in [0, 0.05) is 17.4 Å². The van der Waals surface area contributed by atoms with E-state index in [0.717, 1.165) is 13.0 Å². The van der Waals surface area contributed by atoms with E-state index in [-0.39, 0.29) is 5.41 Å². The lowest BCUT2D eigenvalue weighted by Gasteiger charge is -2.48. The summed E-state index contributed by atoms with van der Waals surface area (Å²) in [6.45, 7) is 7.50. The third-order valence-corrected chi connectivity index (χ3v) is 3.87. The Kier molecular flexibility index (Phi) is 4.06. The molecule has 0 radical (unpaired) electrons. The smallest absolute Gasteiger partial charge is 0.0654 e. The van der Waals surface area contributed by atoms with E-state index in [4.69, 9.17) is 16.3 Å². The number of ether oxygens (including phenoxy) is 1. The molecule has 1 aliphatic carbocycles. The van der Waals surface area contributed by atoms with Crippen molar-refractivity contribution in [1.29, 1.82) is 0 Å². The van der Waals surface area contributed by atoms with E-state index in [2.05, 4.69) is 20.8 Å². The second kappa shape index (κ2) is 4.65. The molecule has 0 saturated heterocycles. The maximum Gasteiger partial charge on any atom is 0.0654 e. The van der Waals surface area contributed by atoms with Crippen molar-refractivity contribution in [2.45, 2.75) is 57.9 Å². The van der Waals surface area contributed by atoms with E-state index in [9.17, 15) is 0 Å². The molecule has 1 saturated carbocycles. The van der Waals surface area contributed by atoms with Gasteiger partial charge >= 0.3 is 0 Å². The van der Waals surface area contributed by atoms with Gasteiger partial charge in [-0.15, -0.1) is 11.6 Å². The number of alkyl halides is 1. The topological polar surface area (TPSA) is 9.23 Å². The quantitative estimate of drug-likeness (QED) is 0.491. The SMILES string of the molecule is CCCCCOC1CC(Cl)C1(C)C. The van der Waals surface area contributed by atoms with Crippen LogP contribution < -0.4 is 0 Å². The molecule has 0 aromatic rings. The largest absolute Gasteiger partial charge is 0.378 e. The summed E-state index contributed by atoms with van der Waals surface area (Å²) < 4.78 is 5.78. The van der Waals surface area contributed by atoms with Crippen LogP contribution >= 0.6 is 11.6 Å². The molecule has 0 N–H and O–H groups in total. The summed E-state index contributed by atoms with van der Waals surface area (Å²) in [5.74, 6) is 0. The maximum atomic E-state index is 6.10. The van der Waals surface area contributed by atoms with Crippen LogP contribution in [0.5, 0.6) is 0 Å². The Hall–Kier alpha value is 0.250. The van der Waals surface area contributed by atoms with Crippen LogP contribution in [0, 0.1) is 5.41 Å². The van der Waals surface area contributed by atoms with Gasteiger partial charge in [-0.2, -0.15) is 0 Å². The average Bonchev–Trinajstić information content (AvgIpc) is 2.10. The second-order valence-electron chi connectivity index (χ2n) is 4.59. The first-order chi connectivity index (χ1) is 6.09. The lowest BCUT2D eigenvalue weighted by atomic mass is 9.68. The predicted molar refractivity (Wildman–Crippen MR) is 57.3 cm³/mol. The fraction of sp³-hybridized carbons (Fsp3) is 1.00. The van der Waals surface area contributed by atoms with Crippen LogP contribution in [-0.4, -0.2) is 18.1 Å². The monoisotopic (exact) mass is 204 g/mol. The number of hydrogen-bond acceptors (Lipinski definition) is 1. The molecule has 0 spiro atoms. The van der Waals surface area contributed by atoms with Gasteiger partial charge < -0.3 is 4.74 Å². The Labute approximate surface area is 86.8 Å². The van der Waals surface area contributed by atoms with Crippen LogP contribution in [0.1, 0.15) is 46.5 Å². The molecule has 2 unspecified atom stereocenters. The van der Waals surface area contributed by atoms with Crippen molar-refractivity contribution in [2.75, 3.05) is 6.61 Å². The fourth-order valence-electron chi connectivity index (χ4n) is 1.70. The second-order valence-corrected chi connectivity index (χ2v) is 5.12. The van der Waals surface area contributed by atoms with Crippen molar-refractivity contribution < 1.29 is 4.74 Å². The van der Waals surface area contributed by atoms with Gasteiger partial charge in [-0.05, 0) is 12.8 Å². The summed E-state index contributed by atoms with van der Waals surface area (Å²) in [6, 6.07) is 0. The molecule has 1 fully saturated rings. The Morgan fingerprint density at radius 3 is 2.54 bits per heavy atom. The minimum Gasteiger partial charge on any atom is -0.378 e. The van der Waals surface area contributed by atoms with Gasteiger partial charge in [0.2, 0.25) is 0 Å². The first kappa shape index (κ1) is 11.3. The molecule has 0 aromatic heterocycles. The van der Waals surface area contributed by atoms with Gasteiger partial charge in [0.25, 0.3) is 0 Å². The highest BCUT2D eigenvalue weighted by atomic mass is 35.5. The normalized spacial score (nSPS) is 31.4. The Balaban J connectivity index is 2.10. The van der Waals surface area contributed by atoms with Gasteiger partial charge in [0.05, 0.1) is 6.10 Å².